The van der Waals surface area contributed by atoms with E-state index in [1.165, 1.54) is 5.56 Å². The van der Waals surface area contributed by atoms with Gasteiger partial charge in [0, 0.05) is 12.1 Å². The van der Waals surface area contributed by atoms with Gasteiger partial charge in [-0.2, -0.15) is 0 Å². The minimum Gasteiger partial charge on any atom is -0.496 e. The maximum atomic E-state index is 13.4. The average molecular weight is 520 g/mol. The topological polar surface area (TPSA) is 71.1 Å². The SMILES string of the molecule is COc1ccccc1C1CCCN1C(=O)CN1CCC2(CCCCc3ccccc3OCCNC2=O)CC1. The predicted octanol–water partition coefficient (Wildman–Crippen LogP) is 4.36. The zero-order valence-electron chi connectivity index (χ0n) is 22.6. The lowest BCUT2D eigenvalue weighted by Crippen LogP contribution is -2.51. The van der Waals surface area contributed by atoms with Crippen LogP contribution in [-0.2, 0) is 16.0 Å². The molecule has 2 aromatic rings. The summed E-state index contributed by atoms with van der Waals surface area (Å²) in [5.41, 5.74) is 1.98. The van der Waals surface area contributed by atoms with E-state index in [0.29, 0.717) is 19.7 Å². The van der Waals surface area contributed by atoms with Crippen molar-refractivity contribution in [3.05, 3.63) is 59.7 Å². The fourth-order valence-electron chi connectivity index (χ4n) is 6.49. The molecule has 3 aliphatic rings. The first-order chi connectivity index (χ1) is 18.6. The van der Waals surface area contributed by atoms with Crippen molar-refractivity contribution < 1.29 is 19.1 Å². The number of rotatable bonds is 4. The summed E-state index contributed by atoms with van der Waals surface area (Å²) >= 11 is 0. The number of hydrogen-bond donors (Lipinski definition) is 1. The number of benzene rings is 2. The van der Waals surface area contributed by atoms with E-state index >= 15 is 0 Å². The molecule has 0 aliphatic carbocycles. The van der Waals surface area contributed by atoms with E-state index in [9.17, 15) is 9.59 Å². The summed E-state index contributed by atoms with van der Waals surface area (Å²) in [6.07, 6.45) is 7.46. The first-order valence-electron chi connectivity index (χ1n) is 14.2. The van der Waals surface area contributed by atoms with E-state index in [1.807, 2.05) is 35.2 Å². The van der Waals surface area contributed by atoms with Crippen LogP contribution in [0.15, 0.2) is 48.5 Å². The molecule has 7 nitrogen and oxygen atoms in total. The van der Waals surface area contributed by atoms with Crippen molar-refractivity contribution in [2.45, 2.75) is 57.4 Å². The predicted molar refractivity (Wildman–Crippen MR) is 147 cm³/mol. The molecule has 0 saturated carbocycles. The maximum absolute atomic E-state index is 13.4. The Morgan fingerprint density at radius 1 is 1.03 bits per heavy atom. The smallest absolute Gasteiger partial charge is 0.237 e. The van der Waals surface area contributed by atoms with Gasteiger partial charge in [0.2, 0.25) is 11.8 Å². The molecule has 2 amide bonds. The van der Waals surface area contributed by atoms with Gasteiger partial charge in [0.1, 0.15) is 18.1 Å². The lowest BCUT2D eigenvalue weighted by molar-refractivity contribution is -0.137. The van der Waals surface area contributed by atoms with Gasteiger partial charge in [0.15, 0.2) is 0 Å². The van der Waals surface area contributed by atoms with Crippen molar-refractivity contribution >= 4 is 11.8 Å². The van der Waals surface area contributed by atoms with Gasteiger partial charge in [-0.1, -0.05) is 42.8 Å². The molecule has 0 bridgehead atoms. The van der Waals surface area contributed by atoms with E-state index in [1.54, 1.807) is 7.11 Å². The molecular weight excluding hydrogens is 478 g/mol. The Labute approximate surface area is 226 Å². The van der Waals surface area contributed by atoms with Crippen LogP contribution >= 0.6 is 0 Å². The van der Waals surface area contributed by atoms with Crippen LogP contribution in [-0.4, -0.2) is 68.1 Å². The third-order valence-corrected chi connectivity index (χ3v) is 8.69. The molecule has 1 spiro atoms. The highest BCUT2D eigenvalue weighted by Gasteiger charge is 2.41. The summed E-state index contributed by atoms with van der Waals surface area (Å²) in [6.45, 7) is 3.72. The second-order valence-electron chi connectivity index (χ2n) is 11.0. The third kappa shape index (κ3) is 5.83. The number of piperidine rings is 1. The summed E-state index contributed by atoms with van der Waals surface area (Å²) in [7, 11) is 1.69. The summed E-state index contributed by atoms with van der Waals surface area (Å²) < 4.78 is 11.6. The van der Waals surface area contributed by atoms with E-state index in [-0.39, 0.29) is 23.3 Å². The standard InChI is InChI=1S/C31H41N3O4/c1-37-28-14-5-3-11-25(28)26-12-8-19-34(26)29(35)23-33-20-16-31(17-21-33)15-7-6-10-24-9-2-4-13-27(24)38-22-18-32-30(31)36/h2-5,9,11,13-14,26H,6-8,10,12,15-23H2,1H3,(H,32,36). The van der Waals surface area contributed by atoms with Gasteiger partial charge in [0.25, 0.3) is 0 Å². The summed E-state index contributed by atoms with van der Waals surface area (Å²) in [6, 6.07) is 16.3. The largest absolute Gasteiger partial charge is 0.496 e. The number of nitrogens with one attached hydrogen (secondary N) is 1. The highest BCUT2D eigenvalue weighted by Crippen LogP contribution is 2.39. The fourth-order valence-corrected chi connectivity index (χ4v) is 6.49. The van der Waals surface area contributed by atoms with Crippen molar-refractivity contribution in [2.75, 3.05) is 46.4 Å². The molecule has 0 radical (unpaired) electrons. The second-order valence-corrected chi connectivity index (χ2v) is 11.0. The highest BCUT2D eigenvalue weighted by atomic mass is 16.5. The van der Waals surface area contributed by atoms with Crippen molar-refractivity contribution in [3.8, 4) is 11.5 Å². The van der Waals surface area contributed by atoms with Gasteiger partial charge < -0.3 is 19.7 Å². The van der Waals surface area contributed by atoms with Gasteiger partial charge >= 0.3 is 0 Å². The van der Waals surface area contributed by atoms with E-state index in [2.05, 4.69) is 28.4 Å². The monoisotopic (exact) mass is 519 g/mol. The quantitative estimate of drug-likeness (QED) is 0.650. The molecule has 1 atom stereocenters. The minimum atomic E-state index is -0.355. The Morgan fingerprint density at radius 2 is 1.82 bits per heavy atom. The number of carbonyl (C=O) groups excluding carboxylic acids is 2. The van der Waals surface area contributed by atoms with Crippen molar-refractivity contribution in [1.82, 2.24) is 15.1 Å². The van der Waals surface area contributed by atoms with Crippen molar-refractivity contribution in [3.63, 3.8) is 0 Å². The Morgan fingerprint density at radius 3 is 2.66 bits per heavy atom. The number of likely N-dealkylation sites (tertiary alicyclic amines) is 2. The number of para-hydroxylation sites is 2. The molecule has 1 N–H and O–H groups in total. The van der Waals surface area contributed by atoms with Gasteiger partial charge in [0.05, 0.1) is 31.7 Å². The minimum absolute atomic E-state index is 0.0687. The van der Waals surface area contributed by atoms with Crippen LogP contribution in [0.5, 0.6) is 11.5 Å². The molecule has 1 unspecified atom stereocenters. The molecule has 5 rings (SSSR count). The Bertz CT molecular complexity index is 1110. The number of ether oxygens (including phenoxy) is 2. The third-order valence-electron chi connectivity index (χ3n) is 8.69. The number of hydrogen-bond acceptors (Lipinski definition) is 5. The molecule has 2 saturated heterocycles. The Kier molecular flexibility index (Phi) is 8.52. The average Bonchev–Trinajstić information content (AvgIpc) is 3.44. The molecular formula is C31H41N3O4. The van der Waals surface area contributed by atoms with E-state index in [0.717, 1.165) is 88.1 Å². The molecule has 7 heteroatoms. The van der Waals surface area contributed by atoms with Crippen LogP contribution < -0.4 is 14.8 Å². The number of amides is 2. The van der Waals surface area contributed by atoms with Gasteiger partial charge in [-0.25, -0.2) is 0 Å². The first kappa shape index (κ1) is 26.5. The van der Waals surface area contributed by atoms with Crippen molar-refractivity contribution in [1.29, 1.82) is 0 Å². The molecule has 204 valence electrons. The number of nitrogens with zero attached hydrogens (tertiary/aromatic N) is 2. The lowest BCUT2D eigenvalue weighted by Gasteiger charge is -2.41. The van der Waals surface area contributed by atoms with Gasteiger partial charge in [-0.15, -0.1) is 0 Å². The molecule has 3 aliphatic heterocycles. The summed E-state index contributed by atoms with van der Waals surface area (Å²) in [4.78, 5) is 31.1. The summed E-state index contributed by atoms with van der Waals surface area (Å²) in [5, 5.41) is 3.16. The van der Waals surface area contributed by atoms with Gasteiger partial charge in [-0.3, -0.25) is 14.5 Å². The van der Waals surface area contributed by atoms with E-state index < -0.39 is 0 Å². The summed E-state index contributed by atoms with van der Waals surface area (Å²) in [5.74, 6) is 2.10. The Balaban J connectivity index is 1.19. The normalized spacial score (nSPS) is 22.5. The van der Waals surface area contributed by atoms with Crippen LogP contribution in [0, 0.1) is 5.41 Å². The number of methoxy groups -OCH3 is 1. The lowest BCUT2D eigenvalue weighted by atomic mass is 9.73. The highest BCUT2D eigenvalue weighted by molar-refractivity contribution is 5.83. The van der Waals surface area contributed by atoms with Crippen LogP contribution in [0.25, 0.3) is 0 Å². The fraction of sp³-hybridized carbons (Fsp3) is 0.548. The molecule has 3 heterocycles. The molecule has 0 aromatic heterocycles. The number of carbonyl (C=O) groups is 2. The van der Waals surface area contributed by atoms with Crippen LogP contribution in [0.4, 0.5) is 0 Å². The first-order valence-corrected chi connectivity index (χ1v) is 14.2. The Hall–Kier alpha value is -3.06. The number of aryl methyl sites for hydroxylation is 1. The zero-order chi connectivity index (χ0) is 26.4. The van der Waals surface area contributed by atoms with E-state index in [4.69, 9.17) is 9.47 Å². The van der Waals surface area contributed by atoms with Crippen LogP contribution in [0.2, 0.25) is 0 Å². The second kappa shape index (κ2) is 12.2. The van der Waals surface area contributed by atoms with Crippen molar-refractivity contribution in [2.24, 2.45) is 5.41 Å². The zero-order valence-corrected chi connectivity index (χ0v) is 22.6. The van der Waals surface area contributed by atoms with Crippen LogP contribution in [0.3, 0.4) is 0 Å². The molecule has 2 aromatic carbocycles. The van der Waals surface area contributed by atoms with Crippen LogP contribution in [0.1, 0.15) is 62.1 Å². The number of fused-ring (bicyclic) bond motifs is 1. The maximum Gasteiger partial charge on any atom is 0.237 e. The van der Waals surface area contributed by atoms with Gasteiger partial charge in [-0.05, 0) is 75.7 Å². The molecule has 2 fully saturated rings. The molecule has 38 heavy (non-hydrogen) atoms.